The van der Waals surface area contributed by atoms with E-state index in [2.05, 4.69) is 25.6 Å². The number of methoxy groups -OCH3 is 1. The molecule has 0 bridgehead atoms. The van der Waals surface area contributed by atoms with Crippen LogP contribution in [-0.2, 0) is 9.53 Å². The van der Waals surface area contributed by atoms with E-state index >= 15 is 0 Å². The molecule has 1 aromatic heterocycles. The van der Waals surface area contributed by atoms with Crippen LogP contribution in [0.15, 0.2) is 0 Å². The second-order valence-electron chi connectivity index (χ2n) is 4.17. The molecule has 0 saturated carbocycles. The number of esters is 1. The number of rotatable bonds is 6. The second kappa shape index (κ2) is 7.08. The summed E-state index contributed by atoms with van der Waals surface area (Å²) >= 11 is 5.80. The van der Waals surface area contributed by atoms with E-state index in [9.17, 15) is 4.79 Å². The van der Waals surface area contributed by atoms with Gasteiger partial charge in [0.25, 0.3) is 0 Å². The normalized spacial score (nSPS) is 12.1. The van der Waals surface area contributed by atoms with Crippen LogP contribution in [0.4, 0.5) is 11.9 Å². The molecular formula is C11H18ClN5O2. The maximum Gasteiger partial charge on any atom is 0.328 e. The summed E-state index contributed by atoms with van der Waals surface area (Å²) < 4.78 is 4.73. The van der Waals surface area contributed by atoms with Crippen LogP contribution in [0.1, 0.15) is 20.8 Å². The summed E-state index contributed by atoms with van der Waals surface area (Å²) in [5, 5.41) is 5.90. The largest absolute Gasteiger partial charge is 0.467 e. The molecule has 0 radical (unpaired) electrons. The molecule has 2 N–H and O–H groups in total. The number of hydrogen-bond donors (Lipinski definition) is 2. The molecule has 0 aromatic carbocycles. The minimum atomic E-state index is -0.544. The van der Waals surface area contributed by atoms with Gasteiger partial charge in [-0.05, 0) is 24.4 Å². The monoisotopic (exact) mass is 287 g/mol. The third-order valence-electron chi connectivity index (χ3n) is 2.35. The molecule has 0 aliphatic rings. The Morgan fingerprint density at radius 1 is 1.32 bits per heavy atom. The van der Waals surface area contributed by atoms with Crippen LogP contribution in [0.5, 0.6) is 0 Å². The van der Waals surface area contributed by atoms with Gasteiger partial charge in [0.05, 0.1) is 7.11 Å². The van der Waals surface area contributed by atoms with Gasteiger partial charge in [-0.3, -0.25) is 0 Å². The predicted octanol–water partition coefficient (Wildman–Crippen LogP) is 1.57. The molecule has 1 unspecified atom stereocenters. The van der Waals surface area contributed by atoms with Gasteiger partial charge in [-0.25, -0.2) is 4.79 Å². The van der Waals surface area contributed by atoms with E-state index in [0.29, 0.717) is 12.5 Å². The Morgan fingerprint density at radius 2 is 1.95 bits per heavy atom. The highest BCUT2D eigenvalue weighted by Crippen LogP contribution is 2.14. The molecule has 1 atom stereocenters. The van der Waals surface area contributed by atoms with Crippen LogP contribution < -0.4 is 10.6 Å². The number of nitrogens with zero attached hydrogens (tertiary/aromatic N) is 3. The molecule has 1 aromatic rings. The Hall–Kier alpha value is -1.63. The lowest BCUT2D eigenvalue weighted by Gasteiger charge is -2.19. The average molecular weight is 288 g/mol. The summed E-state index contributed by atoms with van der Waals surface area (Å²) in [6.45, 7) is 6.35. The summed E-state index contributed by atoms with van der Waals surface area (Å²) in [7, 11) is 1.34. The van der Waals surface area contributed by atoms with E-state index in [1.807, 2.05) is 20.8 Å². The van der Waals surface area contributed by atoms with E-state index in [1.165, 1.54) is 7.11 Å². The van der Waals surface area contributed by atoms with Gasteiger partial charge in [-0.15, -0.1) is 0 Å². The number of nitrogens with one attached hydrogen (secondary N) is 2. The number of anilines is 2. The van der Waals surface area contributed by atoms with Crippen LogP contribution in [0.2, 0.25) is 5.28 Å². The first-order valence-electron chi connectivity index (χ1n) is 5.97. The zero-order valence-electron chi connectivity index (χ0n) is 11.4. The van der Waals surface area contributed by atoms with Gasteiger partial charge in [0.15, 0.2) is 0 Å². The van der Waals surface area contributed by atoms with Gasteiger partial charge in [-0.2, -0.15) is 15.0 Å². The Labute approximate surface area is 117 Å². The minimum absolute atomic E-state index is 0.0191. The lowest BCUT2D eigenvalue weighted by atomic mass is 10.1. The molecular weight excluding hydrogens is 270 g/mol. The quantitative estimate of drug-likeness (QED) is 0.768. The van der Waals surface area contributed by atoms with Crippen LogP contribution in [-0.4, -0.2) is 40.6 Å². The third-order valence-corrected chi connectivity index (χ3v) is 2.52. The Morgan fingerprint density at radius 3 is 2.47 bits per heavy atom. The van der Waals surface area contributed by atoms with E-state index in [0.717, 1.165) is 0 Å². The van der Waals surface area contributed by atoms with E-state index in [-0.39, 0.29) is 23.1 Å². The van der Waals surface area contributed by atoms with Gasteiger partial charge < -0.3 is 15.4 Å². The lowest BCUT2D eigenvalue weighted by molar-refractivity contribution is -0.142. The summed E-state index contributed by atoms with van der Waals surface area (Å²) in [5.74, 6) is 0.236. The highest BCUT2D eigenvalue weighted by Gasteiger charge is 2.24. The van der Waals surface area contributed by atoms with E-state index in [4.69, 9.17) is 16.3 Å². The number of carbonyl (C=O) groups is 1. The standard InChI is InChI=1S/C11H18ClN5O2/c1-5-13-10-15-9(12)16-11(17-10)14-7(6(2)3)8(18)19-4/h6-7H,5H2,1-4H3,(H2,13,14,15,16,17). The van der Waals surface area contributed by atoms with Crippen LogP contribution in [0.25, 0.3) is 0 Å². The zero-order chi connectivity index (χ0) is 14.4. The molecule has 0 saturated heterocycles. The molecule has 106 valence electrons. The molecule has 19 heavy (non-hydrogen) atoms. The molecule has 1 heterocycles. The smallest absolute Gasteiger partial charge is 0.328 e. The molecule has 1 rings (SSSR count). The highest BCUT2D eigenvalue weighted by atomic mass is 35.5. The van der Waals surface area contributed by atoms with Crippen molar-refractivity contribution in [2.75, 3.05) is 24.3 Å². The predicted molar refractivity (Wildman–Crippen MR) is 73.3 cm³/mol. The van der Waals surface area contributed by atoms with Crippen molar-refractivity contribution in [3.05, 3.63) is 5.28 Å². The molecule has 0 amide bonds. The highest BCUT2D eigenvalue weighted by molar-refractivity contribution is 6.28. The molecule has 0 aliphatic heterocycles. The molecule has 0 aliphatic carbocycles. The van der Waals surface area contributed by atoms with Crippen molar-refractivity contribution >= 4 is 29.5 Å². The van der Waals surface area contributed by atoms with Crippen LogP contribution >= 0.6 is 11.6 Å². The Balaban J connectivity index is 2.92. The maximum atomic E-state index is 11.6. The average Bonchev–Trinajstić information content (AvgIpc) is 2.34. The summed E-state index contributed by atoms with van der Waals surface area (Å²) in [4.78, 5) is 23.6. The zero-order valence-corrected chi connectivity index (χ0v) is 12.2. The van der Waals surface area contributed by atoms with Crippen molar-refractivity contribution in [3.8, 4) is 0 Å². The van der Waals surface area contributed by atoms with Crippen molar-refractivity contribution in [2.24, 2.45) is 5.92 Å². The number of halogens is 1. The van der Waals surface area contributed by atoms with E-state index in [1.54, 1.807) is 0 Å². The first kappa shape index (κ1) is 15.4. The number of ether oxygens (including phenoxy) is 1. The number of carbonyl (C=O) groups excluding carboxylic acids is 1. The minimum Gasteiger partial charge on any atom is -0.467 e. The summed E-state index contributed by atoms with van der Waals surface area (Å²) in [6.07, 6.45) is 0. The Kier molecular flexibility index (Phi) is 5.75. The Bertz CT molecular complexity index is 441. The van der Waals surface area contributed by atoms with Crippen molar-refractivity contribution < 1.29 is 9.53 Å². The van der Waals surface area contributed by atoms with Crippen molar-refractivity contribution in [3.63, 3.8) is 0 Å². The van der Waals surface area contributed by atoms with Gasteiger partial charge in [0.1, 0.15) is 6.04 Å². The third kappa shape index (κ3) is 4.51. The first-order chi connectivity index (χ1) is 8.97. The van der Waals surface area contributed by atoms with Crippen LogP contribution in [0, 0.1) is 5.92 Å². The molecule has 8 heteroatoms. The first-order valence-corrected chi connectivity index (χ1v) is 6.35. The molecule has 7 nitrogen and oxygen atoms in total. The van der Waals surface area contributed by atoms with Gasteiger partial charge in [0, 0.05) is 6.54 Å². The number of aromatic nitrogens is 3. The fraction of sp³-hybridized carbons (Fsp3) is 0.636. The van der Waals surface area contributed by atoms with Gasteiger partial charge >= 0.3 is 5.97 Å². The van der Waals surface area contributed by atoms with Crippen LogP contribution in [0.3, 0.4) is 0 Å². The van der Waals surface area contributed by atoms with Crippen molar-refractivity contribution in [2.45, 2.75) is 26.8 Å². The fourth-order valence-corrected chi connectivity index (χ4v) is 1.58. The van der Waals surface area contributed by atoms with E-state index < -0.39 is 6.04 Å². The molecule has 0 fully saturated rings. The summed E-state index contributed by atoms with van der Waals surface area (Å²) in [5.41, 5.74) is 0. The van der Waals surface area contributed by atoms with Gasteiger partial charge in [0.2, 0.25) is 17.2 Å². The number of hydrogen-bond acceptors (Lipinski definition) is 7. The fourth-order valence-electron chi connectivity index (χ4n) is 1.42. The summed E-state index contributed by atoms with van der Waals surface area (Å²) in [6, 6.07) is -0.544. The topological polar surface area (TPSA) is 89.0 Å². The maximum absolute atomic E-state index is 11.6. The lowest BCUT2D eigenvalue weighted by Crippen LogP contribution is -2.36. The second-order valence-corrected chi connectivity index (χ2v) is 4.51. The SMILES string of the molecule is CCNc1nc(Cl)nc(NC(C(=O)OC)C(C)C)n1. The van der Waals surface area contributed by atoms with Gasteiger partial charge in [-0.1, -0.05) is 13.8 Å². The van der Waals surface area contributed by atoms with Crippen molar-refractivity contribution in [1.29, 1.82) is 0 Å². The van der Waals surface area contributed by atoms with Crippen molar-refractivity contribution in [1.82, 2.24) is 15.0 Å². The molecule has 0 spiro atoms.